The van der Waals surface area contributed by atoms with E-state index in [-0.39, 0.29) is 12.6 Å². The maximum Gasteiger partial charge on any atom is 0.306 e. The monoisotopic (exact) mass is 496 g/mol. The van der Waals surface area contributed by atoms with Gasteiger partial charge in [0.2, 0.25) is 0 Å². The van der Waals surface area contributed by atoms with Crippen molar-refractivity contribution in [3.8, 4) is 0 Å². The number of esters is 1. The molecule has 0 amide bonds. The zero-order chi connectivity index (χ0) is 25.7. The molecule has 35 heavy (non-hydrogen) atoms. The summed E-state index contributed by atoms with van der Waals surface area (Å²) in [5.74, 6) is -0.211. The maximum absolute atomic E-state index is 12.0. The lowest BCUT2D eigenvalue weighted by Gasteiger charge is -2.15. The van der Waals surface area contributed by atoms with Gasteiger partial charge >= 0.3 is 5.97 Å². The van der Waals surface area contributed by atoms with Crippen LogP contribution in [-0.4, -0.2) is 37.0 Å². The number of allylic oxidation sites excluding steroid dienone is 2. The van der Waals surface area contributed by atoms with E-state index in [0.717, 1.165) is 19.3 Å². The Morgan fingerprint density at radius 2 is 1.11 bits per heavy atom. The highest BCUT2D eigenvalue weighted by Gasteiger charge is 2.13. The van der Waals surface area contributed by atoms with Gasteiger partial charge in [-0.05, 0) is 38.5 Å². The molecule has 0 aromatic heterocycles. The molecule has 0 fully saturated rings. The lowest BCUT2D eigenvalue weighted by Crippen LogP contribution is -2.27. The number of aliphatic hydroxyl groups excluding tert-OH is 1. The fourth-order valence-electron chi connectivity index (χ4n) is 4.26. The molecule has 0 aromatic carbocycles. The third kappa shape index (κ3) is 27.6. The van der Waals surface area contributed by atoms with E-state index in [9.17, 15) is 9.90 Å². The van der Waals surface area contributed by atoms with Gasteiger partial charge in [-0.2, -0.15) is 0 Å². The summed E-state index contributed by atoms with van der Waals surface area (Å²) in [6, 6.07) is 0. The summed E-state index contributed by atoms with van der Waals surface area (Å²) in [6.07, 6.45) is 30.9. The van der Waals surface area contributed by atoms with Crippen LogP contribution in [0, 0.1) is 0 Å². The third-order valence-corrected chi connectivity index (χ3v) is 6.59. The molecule has 0 spiro atoms. The van der Waals surface area contributed by atoms with Gasteiger partial charge in [-0.3, -0.25) is 4.79 Å². The SMILES string of the molecule is CCCCCC/C=C\CCCCCCCC(=O)OC(CO)COCCCCCCCCCCCC. The Kier molecular flexibility index (Phi) is 28.6. The van der Waals surface area contributed by atoms with E-state index in [2.05, 4.69) is 26.0 Å². The molecule has 0 rings (SSSR count). The maximum atomic E-state index is 12.0. The summed E-state index contributed by atoms with van der Waals surface area (Å²) in [4.78, 5) is 12.0. The normalized spacial score (nSPS) is 12.4. The molecule has 0 aliphatic rings. The smallest absolute Gasteiger partial charge is 0.306 e. The number of aliphatic hydroxyl groups is 1. The van der Waals surface area contributed by atoms with Crippen molar-refractivity contribution in [2.24, 2.45) is 0 Å². The van der Waals surface area contributed by atoms with Gasteiger partial charge in [-0.25, -0.2) is 0 Å². The van der Waals surface area contributed by atoms with Gasteiger partial charge in [0, 0.05) is 13.0 Å². The molecule has 208 valence electrons. The van der Waals surface area contributed by atoms with E-state index in [0.29, 0.717) is 19.6 Å². The molecule has 0 heterocycles. The summed E-state index contributed by atoms with van der Waals surface area (Å²) in [5.41, 5.74) is 0. The van der Waals surface area contributed by atoms with Crippen LogP contribution in [0.2, 0.25) is 0 Å². The van der Waals surface area contributed by atoms with Crippen LogP contribution in [0.1, 0.15) is 155 Å². The van der Waals surface area contributed by atoms with Crippen molar-refractivity contribution >= 4 is 5.97 Å². The molecule has 4 nitrogen and oxygen atoms in total. The highest BCUT2D eigenvalue weighted by atomic mass is 16.6. The molecule has 0 aliphatic heterocycles. The minimum Gasteiger partial charge on any atom is -0.457 e. The highest BCUT2D eigenvalue weighted by Crippen LogP contribution is 2.12. The van der Waals surface area contributed by atoms with Crippen molar-refractivity contribution in [1.29, 1.82) is 0 Å². The first-order chi connectivity index (χ1) is 17.2. The first kappa shape index (κ1) is 34.1. The summed E-state index contributed by atoms with van der Waals surface area (Å²) in [5, 5.41) is 9.47. The van der Waals surface area contributed by atoms with E-state index >= 15 is 0 Å². The fraction of sp³-hybridized carbons (Fsp3) is 0.903. The van der Waals surface area contributed by atoms with E-state index in [1.807, 2.05) is 0 Å². The van der Waals surface area contributed by atoms with Gasteiger partial charge in [-0.1, -0.05) is 122 Å². The number of hydrogen-bond acceptors (Lipinski definition) is 4. The number of ether oxygens (including phenoxy) is 2. The summed E-state index contributed by atoms with van der Waals surface area (Å²) < 4.78 is 11.0. The van der Waals surface area contributed by atoms with Crippen molar-refractivity contribution in [2.75, 3.05) is 19.8 Å². The van der Waals surface area contributed by atoms with Gasteiger partial charge in [0.25, 0.3) is 0 Å². The zero-order valence-corrected chi connectivity index (χ0v) is 23.6. The van der Waals surface area contributed by atoms with Gasteiger partial charge in [-0.15, -0.1) is 0 Å². The lowest BCUT2D eigenvalue weighted by atomic mass is 10.1. The topological polar surface area (TPSA) is 55.8 Å². The van der Waals surface area contributed by atoms with Gasteiger partial charge < -0.3 is 14.6 Å². The number of carbonyl (C=O) groups excluding carboxylic acids is 1. The Morgan fingerprint density at radius 1 is 0.657 bits per heavy atom. The molecule has 4 heteroatoms. The minimum absolute atomic E-state index is 0.171. The van der Waals surface area contributed by atoms with Crippen LogP contribution >= 0.6 is 0 Å². The largest absolute Gasteiger partial charge is 0.457 e. The van der Waals surface area contributed by atoms with Crippen LogP contribution < -0.4 is 0 Å². The average Bonchev–Trinajstić information content (AvgIpc) is 2.86. The van der Waals surface area contributed by atoms with Crippen molar-refractivity contribution in [1.82, 2.24) is 0 Å². The second-order valence-corrected chi connectivity index (χ2v) is 10.2. The number of unbranched alkanes of at least 4 members (excludes halogenated alkanes) is 18. The molecule has 1 atom stereocenters. The van der Waals surface area contributed by atoms with Gasteiger partial charge in [0.1, 0.15) is 6.10 Å². The van der Waals surface area contributed by atoms with E-state index in [4.69, 9.17) is 9.47 Å². The number of rotatable bonds is 28. The van der Waals surface area contributed by atoms with E-state index in [1.165, 1.54) is 116 Å². The van der Waals surface area contributed by atoms with Crippen molar-refractivity contribution in [3.63, 3.8) is 0 Å². The van der Waals surface area contributed by atoms with Gasteiger partial charge in [0.05, 0.1) is 13.2 Å². The Balaban J connectivity index is 3.46. The van der Waals surface area contributed by atoms with Crippen LogP contribution in [0.3, 0.4) is 0 Å². The zero-order valence-electron chi connectivity index (χ0n) is 23.6. The number of carbonyl (C=O) groups is 1. The van der Waals surface area contributed by atoms with E-state index in [1.54, 1.807) is 0 Å². The molecular weight excluding hydrogens is 436 g/mol. The Hall–Kier alpha value is -0.870. The molecule has 0 saturated heterocycles. The molecule has 0 aromatic rings. The molecule has 1 N–H and O–H groups in total. The van der Waals surface area contributed by atoms with E-state index < -0.39 is 6.10 Å². The van der Waals surface area contributed by atoms with Crippen molar-refractivity contribution in [2.45, 2.75) is 161 Å². The predicted molar refractivity (Wildman–Crippen MR) is 150 cm³/mol. The predicted octanol–water partition coefficient (Wildman–Crippen LogP) is 9.09. The molecule has 0 radical (unpaired) electrons. The van der Waals surface area contributed by atoms with Crippen LogP contribution in [0.5, 0.6) is 0 Å². The molecule has 0 saturated carbocycles. The van der Waals surface area contributed by atoms with Crippen LogP contribution in [-0.2, 0) is 14.3 Å². The molecular formula is C31H60O4. The van der Waals surface area contributed by atoms with Crippen LogP contribution in [0.15, 0.2) is 12.2 Å². The lowest BCUT2D eigenvalue weighted by molar-refractivity contribution is -0.154. The second kappa shape index (κ2) is 29.4. The Bertz CT molecular complexity index is 449. The highest BCUT2D eigenvalue weighted by molar-refractivity contribution is 5.69. The Labute approximate surface area is 218 Å². The Morgan fingerprint density at radius 3 is 1.66 bits per heavy atom. The summed E-state index contributed by atoms with van der Waals surface area (Å²) in [7, 11) is 0. The van der Waals surface area contributed by atoms with Crippen LogP contribution in [0.4, 0.5) is 0 Å². The van der Waals surface area contributed by atoms with Gasteiger partial charge in [0.15, 0.2) is 0 Å². The quantitative estimate of drug-likeness (QED) is 0.0666. The van der Waals surface area contributed by atoms with Crippen LogP contribution in [0.25, 0.3) is 0 Å². The van der Waals surface area contributed by atoms with Crippen molar-refractivity contribution < 1.29 is 19.4 Å². The standard InChI is InChI=1S/C31H60O4/c1-3-5-7-9-11-13-15-16-17-18-20-22-24-26-31(33)35-30(28-32)29-34-27-25-23-21-19-14-12-10-8-6-4-2/h13,15,30,32H,3-12,14,16-29H2,1-2H3/b15-13-. The molecule has 0 bridgehead atoms. The summed E-state index contributed by atoms with van der Waals surface area (Å²) in [6.45, 7) is 5.31. The fourth-order valence-corrected chi connectivity index (χ4v) is 4.26. The number of hydrogen-bond donors (Lipinski definition) is 1. The van der Waals surface area contributed by atoms with Crippen molar-refractivity contribution in [3.05, 3.63) is 12.2 Å². The second-order valence-electron chi connectivity index (χ2n) is 10.2. The first-order valence-corrected chi connectivity index (χ1v) is 15.3. The first-order valence-electron chi connectivity index (χ1n) is 15.3. The minimum atomic E-state index is -0.528. The molecule has 0 aliphatic carbocycles. The average molecular weight is 497 g/mol. The third-order valence-electron chi connectivity index (χ3n) is 6.59. The molecule has 1 unspecified atom stereocenters. The summed E-state index contributed by atoms with van der Waals surface area (Å²) >= 11 is 0.